The molecular formula is C14H17NO4. The number of aliphatic carboxylic acids is 1. The van der Waals surface area contributed by atoms with Crippen LogP contribution in [0.4, 0.5) is 5.69 Å². The number of hydrogen-bond acceptors (Lipinski definition) is 3. The normalized spacial score (nSPS) is 11.9. The van der Waals surface area contributed by atoms with Crippen LogP contribution in [0.2, 0.25) is 0 Å². The zero-order chi connectivity index (χ0) is 14.4. The maximum absolute atomic E-state index is 11.2. The molecule has 0 fully saturated rings. The molecule has 0 radical (unpaired) electrons. The molecule has 102 valence electrons. The fourth-order valence-electron chi connectivity index (χ4n) is 1.82. The molecule has 5 heteroatoms. The Morgan fingerprint density at radius 3 is 2.32 bits per heavy atom. The van der Waals surface area contributed by atoms with Gasteiger partial charge in [-0.05, 0) is 43.0 Å². The number of carboxylic acids is 1. The summed E-state index contributed by atoms with van der Waals surface area (Å²) in [5.74, 6) is -0.927. The van der Waals surface area contributed by atoms with Gasteiger partial charge in [0, 0.05) is 17.7 Å². The Hall–Kier alpha value is -2.17. The molecule has 0 spiro atoms. The van der Waals surface area contributed by atoms with Crippen molar-refractivity contribution in [3.63, 3.8) is 0 Å². The lowest BCUT2D eigenvalue weighted by molar-refractivity contribution is -0.384. The van der Waals surface area contributed by atoms with Crippen LogP contribution in [0.25, 0.3) is 5.57 Å². The molecular weight excluding hydrogens is 246 g/mol. The molecule has 0 atom stereocenters. The first-order chi connectivity index (χ1) is 8.97. The van der Waals surface area contributed by atoms with Crippen LogP contribution in [0.5, 0.6) is 0 Å². The van der Waals surface area contributed by atoms with Gasteiger partial charge in [0.2, 0.25) is 0 Å². The third kappa shape index (κ3) is 3.91. The van der Waals surface area contributed by atoms with Crippen LogP contribution in [0.3, 0.4) is 0 Å². The fraction of sp³-hybridized carbons (Fsp3) is 0.357. The molecule has 0 aliphatic carbocycles. The van der Waals surface area contributed by atoms with E-state index < -0.39 is 10.9 Å². The molecule has 5 nitrogen and oxygen atoms in total. The van der Waals surface area contributed by atoms with Gasteiger partial charge in [-0.15, -0.1) is 0 Å². The largest absolute Gasteiger partial charge is 0.478 e. The summed E-state index contributed by atoms with van der Waals surface area (Å²) in [6, 6.07) is 5.95. The first-order valence-electron chi connectivity index (χ1n) is 6.15. The number of benzene rings is 1. The predicted molar refractivity (Wildman–Crippen MR) is 72.9 cm³/mol. The topological polar surface area (TPSA) is 80.4 Å². The second-order valence-corrected chi connectivity index (χ2v) is 4.32. The van der Waals surface area contributed by atoms with Crippen LogP contribution in [-0.2, 0) is 4.79 Å². The summed E-state index contributed by atoms with van der Waals surface area (Å²) >= 11 is 0. The number of hydrogen-bond donors (Lipinski definition) is 1. The molecule has 0 aromatic heterocycles. The van der Waals surface area contributed by atoms with Crippen LogP contribution >= 0.6 is 0 Å². The van der Waals surface area contributed by atoms with Gasteiger partial charge in [-0.2, -0.15) is 0 Å². The van der Waals surface area contributed by atoms with Crippen molar-refractivity contribution in [2.24, 2.45) is 0 Å². The number of carboxylic acid groups (broad SMARTS) is 1. The van der Waals surface area contributed by atoms with E-state index in [1.807, 2.05) is 6.92 Å². The van der Waals surface area contributed by atoms with E-state index in [-0.39, 0.29) is 5.69 Å². The number of nitro groups is 1. The Kier molecular flexibility index (Phi) is 5.23. The Morgan fingerprint density at radius 1 is 1.32 bits per heavy atom. The van der Waals surface area contributed by atoms with Crippen molar-refractivity contribution in [1.82, 2.24) is 0 Å². The van der Waals surface area contributed by atoms with E-state index in [1.54, 1.807) is 19.1 Å². The van der Waals surface area contributed by atoms with E-state index in [4.69, 9.17) is 0 Å². The van der Waals surface area contributed by atoms with E-state index in [0.29, 0.717) is 23.1 Å². The minimum atomic E-state index is -0.927. The molecule has 0 saturated heterocycles. The lowest BCUT2D eigenvalue weighted by Gasteiger charge is -2.08. The predicted octanol–water partition coefficient (Wildman–Crippen LogP) is 3.64. The molecule has 19 heavy (non-hydrogen) atoms. The van der Waals surface area contributed by atoms with Gasteiger partial charge in [0.1, 0.15) is 0 Å². The van der Waals surface area contributed by atoms with Crippen LogP contribution in [0.1, 0.15) is 38.7 Å². The zero-order valence-electron chi connectivity index (χ0n) is 11.0. The average Bonchev–Trinajstić information content (AvgIpc) is 2.38. The maximum Gasteiger partial charge on any atom is 0.331 e. The van der Waals surface area contributed by atoms with Gasteiger partial charge in [0.15, 0.2) is 0 Å². The molecule has 1 N–H and O–H groups in total. The number of allylic oxidation sites excluding steroid dienone is 1. The van der Waals surface area contributed by atoms with Crippen molar-refractivity contribution in [3.8, 4) is 0 Å². The SMILES string of the molecule is CCCC/C(C(=O)O)=C(/C)c1ccc([N+](=O)[O-])cc1. The van der Waals surface area contributed by atoms with Crippen LogP contribution in [0, 0.1) is 10.1 Å². The number of nitrogens with zero attached hydrogens (tertiary/aromatic N) is 1. The summed E-state index contributed by atoms with van der Waals surface area (Å²) in [5, 5.41) is 19.8. The van der Waals surface area contributed by atoms with E-state index in [0.717, 1.165) is 12.8 Å². The van der Waals surface area contributed by atoms with E-state index >= 15 is 0 Å². The number of non-ortho nitro benzene ring substituents is 1. The van der Waals surface area contributed by atoms with Crippen molar-refractivity contribution in [2.45, 2.75) is 33.1 Å². The minimum Gasteiger partial charge on any atom is -0.478 e. The number of rotatable bonds is 6. The Balaban J connectivity index is 3.09. The van der Waals surface area contributed by atoms with Crippen LogP contribution in [-0.4, -0.2) is 16.0 Å². The van der Waals surface area contributed by atoms with Crippen molar-refractivity contribution in [3.05, 3.63) is 45.5 Å². The number of nitro benzene ring substituents is 1. The van der Waals surface area contributed by atoms with Crippen molar-refractivity contribution < 1.29 is 14.8 Å². The standard InChI is InChI=1S/C14H17NO4/c1-3-4-5-13(14(16)17)10(2)11-6-8-12(9-7-11)15(18)19/h6-9H,3-5H2,1-2H3,(H,16,17)/b13-10+. The zero-order valence-corrected chi connectivity index (χ0v) is 11.0. The van der Waals surface area contributed by atoms with Gasteiger partial charge in [-0.3, -0.25) is 10.1 Å². The second kappa shape index (κ2) is 6.68. The smallest absolute Gasteiger partial charge is 0.331 e. The van der Waals surface area contributed by atoms with Crippen LogP contribution in [0.15, 0.2) is 29.8 Å². The summed E-state index contributed by atoms with van der Waals surface area (Å²) < 4.78 is 0. The monoisotopic (exact) mass is 263 g/mol. The van der Waals surface area contributed by atoms with Gasteiger partial charge in [-0.1, -0.05) is 13.3 Å². The summed E-state index contributed by atoms with van der Waals surface area (Å²) in [6.45, 7) is 3.74. The molecule has 0 aliphatic heterocycles. The van der Waals surface area contributed by atoms with Crippen LogP contribution < -0.4 is 0 Å². The van der Waals surface area contributed by atoms with Crippen molar-refractivity contribution >= 4 is 17.2 Å². The molecule has 0 aliphatic rings. The second-order valence-electron chi connectivity index (χ2n) is 4.32. The summed E-state index contributed by atoms with van der Waals surface area (Å²) in [5.41, 5.74) is 1.74. The third-order valence-corrected chi connectivity index (χ3v) is 3.00. The molecule has 0 bridgehead atoms. The highest BCUT2D eigenvalue weighted by atomic mass is 16.6. The molecule has 1 rings (SSSR count). The van der Waals surface area contributed by atoms with Crippen molar-refractivity contribution in [2.75, 3.05) is 0 Å². The number of carbonyl (C=O) groups is 1. The third-order valence-electron chi connectivity index (χ3n) is 3.00. The lowest BCUT2D eigenvalue weighted by atomic mass is 9.97. The first kappa shape index (κ1) is 14.9. The summed E-state index contributed by atoms with van der Waals surface area (Å²) in [7, 11) is 0. The molecule has 0 heterocycles. The van der Waals surface area contributed by atoms with Gasteiger partial charge in [0.05, 0.1) is 4.92 Å². The summed E-state index contributed by atoms with van der Waals surface area (Å²) in [4.78, 5) is 21.3. The molecule has 0 amide bonds. The quantitative estimate of drug-likeness (QED) is 0.482. The lowest BCUT2D eigenvalue weighted by Crippen LogP contribution is -2.03. The maximum atomic E-state index is 11.2. The Morgan fingerprint density at radius 2 is 1.89 bits per heavy atom. The van der Waals surface area contributed by atoms with Crippen molar-refractivity contribution in [1.29, 1.82) is 0 Å². The average molecular weight is 263 g/mol. The highest BCUT2D eigenvalue weighted by molar-refractivity contribution is 5.96. The molecule has 1 aromatic rings. The summed E-state index contributed by atoms with van der Waals surface area (Å²) in [6.07, 6.45) is 2.24. The minimum absolute atomic E-state index is 0.00184. The van der Waals surface area contributed by atoms with Gasteiger partial charge in [0.25, 0.3) is 5.69 Å². The highest BCUT2D eigenvalue weighted by Crippen LogP contribution is 2.24. The van der Waals surface area contributed by atoms with E-state index in [2.05, 4.69) is 0 Å². The molecule has 0 saturated carbocycles. The number of unbranched alkanes of at least 4 members (excludes halogenated alkanes) is 1. The van der Waals surface area contributed by atoms with Gasteiger partial charge in [-0.25, -0.2) is 4.79 Å². The highest BCUT2D eigenvalue weighted by Gasteiger charge is 2.13. The van der Waals surface area contributed by atoms with E-state index in [9.17, 15) is 20.0 Å². The van der Waals surface area contributed by atoms with E-state index in [1.165, 1.54) is 12.1 Å². The van der Waals surface area contributed by atoms with Gasteiger partial charge < -0.3 is 5.11 Å². The molecule has 1 aromatic carbocycles. The molecule has 0 unspecified atom stereocenters. The Bertz CT molecular complexity index is 503. The van der Waals surface area contributed by atoms with Gasteiger partial charge >= 0.3 is 5.97 Å². The Labute approximate surface area is 111 Å². The fourth-order valence-corrected chi connectivity index (χ4v) is 1.82. The first-order valence-corrected chi connectivity index (χ1v) is 6.15.